The second-order valence-electron chi connectivity index (χ2n) is 6.22. The molecule has 100 valence electrons. The maximum absolute atomic E-state index is 6.44. The zero-order valence-electron chi connectivity index (χ0n) is 11.7. The smallest absolute Gasteiger partial charge is 0.0544 e. The van der Waals surface area contributed by atoms with Crippen LogP contribution in [-0.2, 0) is 0 Å². The third kappa shape index (κ3) is 2.84. The van der Waals surface area contributed by atoms with Gasteiger partial charge < -0.3 is 5.73 Å². The number of nitrogens with two attached hydrogens (primary N) is 1. The Kier molecular flexibility index (Phi) is 4.82. The van der Waals surface area contributed by atoms with Gasteiger partial charge >= 0.3 is 0 Å². The first kappa shape index (κ1) is 13.7. The molecule has 0 aromatic heterocycles. The lowest BCUT2D eigenvalue weighted by Crippen LogP contribution is -2.35. The molecular formula is C15H29NS. The summed E-state index contributed by atoms with van der Waals surface area (Å²) < 4.78 is 0. The third-order valence-corrected chi connectivity index (χ3v) is 6.82. The summed E-state index contributed by atoms with van der Waals surface area (Å²) in [7, 11) is 0. The van der Waals surface area contributed by atoms with Crippen molar-refractivity contribution in [3.8, 4) is 0 Å². The van der Waals surface area contributed by atoms with E-state index in [2.05, 4.69) is 32.5 Å². The van der Waals surface area contributed by atoms with Gasteiger partial charge in [0.25, 0.3) is 0 Å². The van der Waals surface area contributed by atoms with E-state index < -0.39 is 0 Å². The standard InChI is InChI=1S/C15H29NS/c1-4-12-13(5-2)17-15(16)14(12)11-8-6-10(3)7-9-11/h10-15H,4-9,16H2,1-3H3. The Balaban J connectivity index is 2.02. The summed E-state index contributed by atoms with van der Waals surface area (Å²) >= 11 is 2.08. The molecule has 0 aromatic carbocycles. The van der Waals surface area contributed by atoms with Crippen LogP contribution < -0.4 is 5.73 Å². The second-order valence-corrected chi connectivity index (χ2v) is 7.64. The average molecular weight is 255 g/mol. The minimum atomic E-state index is 0.420. The van der Waals surface area contributed by atoms with E-state index in [0.29, 0.717) is 5.37 Å². The van der Waals surface area contributed by atoms with Crippen LogP contribution in [-0.4, -0.2) is 10.6 Å². The fourth-order valence-corrected chi connectivity index (χ4v) is 5.88. The zero-order chi connectivity index (χ0) is 12.4. The first-order chi connectivity index (χ1) is 8.17. The SMILES string of the molecule is CCC1SC(N)C(C2CCC(C)CC2)C1CC. The first-order valence-corrected chi connectivity index (χ1v) is 8.52. The summed E-state index contributed by atoms with van der Waals surface area (Å²) in [5.74, 6) is 3.58. The molecule has 2 rings (SSSR count). The number of rotatable bonds is 3. The highest BCUT2D eigenvalue weighted by Gasteiger charge is 2.44. The van der Waals surface area contributed by atoms with Crippen LogP contribution in [0.25, 0.3) is 0 Å². The lowest BCUT2D eigenvalue weighted by molar-refractivity contribution is 0.158. The Labute approximate surface area is 111 Å². The maximum Gasteiger partial charge on any atom is 0.0544 e. The molecule has 1 nitrogen and oxygen atoms in total. The van der Waals surface area contributed by atoms with Gasteiger partial charge in [0.15, 0.2) is 0 Å². The largest absolute Gasteiger partial charge is 0.319 e. The molecule has 1 aliphatic heterocycles. The highest BCUT2D eigenvalue weighted by Crippen LogP contribution is 2.50. The van der Waals surface area contributed by atoms with Crippen molar-refractivity contribution < 1.29 is 0 Å². The Morgan fingerprint density at radius 2 is 1.71 bits per heavy atom. The van der Waals surface area contributed by atoms with Crippen molar-refractivity contribution in [1.82, 2.24) is 0 Å². The van der Waals surface area contributed by atoms with E-state index in [0.717, 1.165) is 28.9 Å². The van der Waals surface area contributed by atoms with Crippen LogP contribution in [0.4, 0.5) is 0 Å². The third-order valence-electron chi connectivity index (χ3n) is 5.16. The minimum Gasteiger partial charge on any atom is -0.319 e. The van der Waals surface area contributed by atoms with Crippen LogP contribution in [0.3, 0.4) is 0 Å². The number of hydrogen-bond acceptors (Lipinski definition) is 2. The van der Waals surface area contributed by atoms with E-state index in [9.17, 15) is 0 Å². The van der Waals surface area contributed by atoms with Crippen molar-refractivity contribution in [2.75, 3.05) is 0 Å². The van der Waals surface area contributed by atoms with Crippen molar-refractivity contribution in [3.63, 3.8) is 0 Å². The molecule has 0 spiro atoms. The van der Waals surface area contributed by atoms with Gasteiger partial charge in [-0.3, -0.25) is 0 Å². The van der Waals surface area contributed by atoms with Gasteiger partial charge in [0, 0.05) is 5.25 Å². The molecule has 2 aliphatic rings. The number of thioether (sulfide) groups is 1. The highest BCUT2D eigenvalue weighted by molar-refractivity contribution is 8.00. The lowest BCUT2D eigenvalue weighted by atomic mass is 9.70. The van der Waals surface area contributed by atoms with Crippen molar-refractivity contribution in [3.05, 3.63) is 0 Å². The molecule has 4 unspecified atom stereocenters. The molecule has 2 N–H and O–H groups in total. The van der Waals surface area contributed by atoms with Crippen LogP contribution in [0.1, 0.15) is 59.3 Å². The summed E-state index contributed by atoms with van der Waals surface area (Å²) in [5.41, 5.74) is 6.44. The van der Waals surface area contributed by atoms with Crippen molar-refractivity contribution in [2.24, 2.45) is 29.4 Å². The van der Waals surface area contributed by atoms with Crippen molar-refractivity contribution in [1.29, 1.82) is 0 Å². The van der Waals surface area contributed by atoms with Gasteiger partial charge in [-0.2, -0.15) is 0 Å². The maximum atomic E-state index is 6.44. The highest BCUT2D eigenvalue weighted by atomic mass is 32.2. The summed E-state index contributed by atoms with van der Waals surface area (Å²) in [4.78, 5) is 0. The fraction of sp³-hybridized carbons (Fsp3) is 1.00. The molecule has 1 heterocycles. The summed E-state index contributed by atoms with van der Waals surface area (Å²) in [6.07, 6.45) is 8.38. The molecule has 17 heavy (non-hydrogen) atoms. The molecule has 1 aliphatic carbocycles. The van der Waals surface area contributed by atoms with E-state index in [1.807, 2.05) is 0 Å². The average Bonchev–Trinajstić information content (AvgIpc) is 2.66. The van der Waals surface area contributed by atoms with Gasteiger partial charge in [0.2, 0.25) is 0 Å². The molecule has 0 radical (unpaired) electrons. The van der Waals surface area contributed by atoms with Crippen LogP contribution >= 0.6 is 11.8 Å². The van der Waals surface area contributed by atoms with Gasteiger partial charge in [-0.1, -0.05) is 40.0 Å². The predicted octanol–water partition coefficient (Wildman–Crippen LogP) is 4.27. The Bertz CT molecular complexity index is 235. The quantitative estimate of drug-likeness (QED) is 0.815. The van der Waals surface area contributed by atoms with Gasteiger partial charge in [0.1, 0.15) is 0 Å². The topological polar surface area (TPSA) is 26.0 Å². The van der Waals surface area contributed by atoms with Gasteiger partial charge in [-0.05, 0) is 42.9 Å². The van der Waals surface area contributed by atoms with E-state index >= 15 is 0 Å². The van der Waals surface area contributed by atoms with Crippen LogP contribution in [0.5, 0.6) is 0 Å². The molecule has 2 heteroatoms. The molecule has 0 aromatic rings. The van der Waals surface area contributed by atoms with Crippen molar-refractivity contribution in [2.45, 2.75) is 69.9 Å². The summed E-state index contributed by atoms with van der Waals surface area (Å²) in [5, 5.41) is 1.25. The Morgan fingerprint density at radius 3 is 2.24 bits per heavy atom. The molecule has 1 saturated carbocycles. The van der Waals surface area contributed by atoms with E-state index in [1.165, 1.54) is 38.5 Å². The van der Waals surface area contributed by atoms with Crippen LogP contribution in [0.2, 0.25) is 0 Å². The van der Waals surface area contributed by atoms with E-state index in [1.54, 1.807) is 0 Å². The normalized spacial score (nSPS) is 47.3. The lowest BCUT2D eigenvalue weighted by Gasteiger charge is -2.35. The first-order valence-electron chi connectivity index (χ1n) is 7.58. The Morgan fingerprint density at radius 1 is 1.06 bits per heavy atom. The monoisotopic (exact) mass is 255 g/mol. The zero-order valence-corrected chi connectivity index (χ0v) is 12.5. The molecule has 0 bridgehead atoms. The van der Waals surface area contributed by atoms with Gasteiger partial charge in [-0.15, -0.1) is 11.8 Å². The predicted molar refractivity (Wildman–Crippen MR) is 78.0 cm³/mol. The molecular weight excluding hydrogens is 226 g/mol. The van der Waals surface area contributed by atoms with Gasteiger partial charge in [-0.25, -0.2) is 0 Å². The Hall–Kier alpha value is 0.310. The van der Waals surface area contributed by atoms with Crippen LogP contribution in [0, 0.1) is 23.7 Å². The molecule has 2 fully saturated rings. The van der Waals surface area contributed by atoms with E-state index in [4.69, 9.17) is 5.73 Å². The molecule has 1 saturated heterocycles. The summed E-state index contributed by atoms with van der Waals surface area (Å²) in [6.45, 7) is 7.11. The summed E-state index contributed by atoms with van der Waals surface area (Å²) in [6, 6.07) is 0. The fourth-order valence-electron chi connectivity index (χ4n) is 4.11. The van der Waals surface area contributed by atoms with Gasteiger partial charge in [0.05, 0.1) is 5.37 Å². The van der Waals surface area contributed by atoms with Crippen LogP contribution in [0.15, 0.2) is 0 Å². The second kappa shape index (κ2) is 5.97. The minimum absolute atomic E-state index is 0.420. The number of hydrogen-bond donors (Lipinski definition) is 1. The van der Waals surface area contributed by atoms with Crippen molar-refractivity contribution >= 4 is 11.8 Å². The van der Waals surface area contributed by atoms with E-state index in [-0.39, 0.29) is 0 Å². The molecule has 0 amide bonds. The molecule has 4 atom stereocenters.